The maximum absolute atomic E-state index is 12.5. The number of anilines is 2. The second-order valence-corrected chi connectivity index (χ2v) is 8.94. The fraction of sp³-hybridized carbons (Fsp3) is 0.364. The first kappa shape index (κ1) is 24.2. The van der Waals surface area contributed by atoms with E-state index in [2.05, 4.69) is 16.7 Å². The van der Waals surface area contributed by atoms with Gasteiger partial charge in [-0.05, 0) is 56.3 Å². The summed E-state index contributed by atoms with van der Waals surface area (Å²) >= 11 is 0. The van der Waals surface area contributed by atoms with Gasteiger partial charge < -0.3 is 15.4 Å². The van der Waals surface area contributed by atoms with Crippen LogP contribution in [-0.2, 0) is 14.8 Å². The maximum atomic E-state index is 12.5. The van der Waals surface area contributed by atoms with Gasteiger partial charge in [-0.1, -0.05) is 13.8 Å². The van der Waals surface area contributed by atoms with Crippen molar-refractivity contribution < 1.29 is 17.9 Å². The van der Waals surface area contributed by atoms with Crippen LogP contribution in [0.5, 0.6) is 5.75 Å². The van der Waals surface area contributed by atoms with E-state index in [1.807, 2.05) is 13.8 Å². The number of benzene rings is 2. The first-order chi connectivity index (χ1) is 14.7. The fourth-order valence-electron chi connectivity index (χ4n) is 2.90. The Bertz CT molecular complexity index is 1040. The number of amides is 1. The van der Waals surface area contributed by atoms with E-state index >= 15 is 0 Å². The van der Waals surface area contributed by atoms with Gasteiger partial charge in [-0.2, -0.15) is 9.57 Å². The van der Waals surface area contributed by atoms with E-state index < -0.39 is 10.0 Å². The van der Waals surface area contributed by atoms with Gasteiger partial charge in [-0.15, -0.1) is 0 Å². The molecule has 2 rings (SSSR count). The van der Waals surface area contributed by atoms with E-state index in [0.717, 1.165) is 0 Å². The van der Waals surface area contributed by atoms with Gasteiger partial charge >= 0.3 is 0 Å². The van der Waals surface area contributed by atoms with Crippen LogP contribution < -0.4 is 15.4 Å². The van der Waals surface area contributed by atoms with Gasteiger partial charge in [0.25, 0.3) is 0 Å². The molecule has 2 aromatic rings. The third-order valence-corrected chi connectivity index (χ3v) is 6.46. The summed E-state index contributed by atoms with van der Waals surface area (Å²) in [5.74, 6) is 0.227. The van der Waals surface area contributed by atoms with E-state index in [1.54, 1.807) is 44.2 Å². The Morgan fingerprint density at radius 3 is 2.32 bits per heavy atom. The zero-order valence-corrected chi connectivity index (χ0v) is 19.0. The van der Waals surface area contributed by atoms with Crippen LogP contribution in [0, 0.1) is 11.3 Å². The number of sulfonamides is 1. The number of nitriles is 1. The normalized spacial score (nSPS) is 11.3. The molecule has 8 nitrogen and oxygen atoms in total. The Morgan fingerprint density at radius 1 is 1.13 bits per heavy atom. The van der Waals surface area contributed by atoms with Crippen LogP contribution in [0.3, 0.4) is 0 Å². The zero-order valence-electron chi connectivity index (χ0n) is 18.2. The summed E-state index contributed by atoms with van der Waals surface area (Å²) in [5.41, 5.74) is 1.47. The van der Waals surface area contributed by atoms with Gasteiger partial charge in [-0.25, -0.2) is 8.42 Å². The average Bonchev–Trinajstić information content (AvgIpc) is 2.73. The summed E-state index contributed by atoms with van der Waals surface area (Å²) in [6, 6.07) is 13.1. The Kier molecular flexibility index (Phi) is 8.42. The number of nitrogens with one attached hydrogen (secondary N) is 2. The number of carbonyl (C=O) groups is 1. The smallest absolute Gasteiger partial charge is 0.243 e. The third kappa shape index (κ3) is 6.44. The van der Waals surface area contributed by atoms with Crippen LogP contribution >= 0.6 is 0 Å². The van der Waals surface area contributed by atoms with Gasteiger partial charge in [0.1, 0.15) is 5.75 Å². The summed E-state index contributed by atoms with van der Waals surface area (Å²) < 4.78 is 32.2. The molecular formula is C22H28N4O4S. The highest BCUT2D eigenvalue weighted by molar-refractivity contribution is 7.89. The Balaban J connectivity index is 2.05. The lowest BCUT2D eigenvalue weighted by Crippen LogP contribution is -2.30. The molecule has 1 amide bonds. The third-order valence-electron chi connectivity index (χ3n) is 4.39. The van der Waals surface area contributed by atoms with Crippen molar-refractivity contribution in [3.05, 3.63) is 48.0 Å². The number of nitrogens with zero attached hydrogens (tertiary/aromatic N) is 2. The summed E-state index contributed by atoms with van der Waals surface area (Å²) in [6.07, 6.45) is -0.0616. The van der Waals surface area contributed by atoms with E-state index in [0.29, 0.717) is 35.8 Å². The minimum atomic E-state index is -3.55. The van der Waals surface area contributed by atoms with Crippen molar-refractivity contribution in [3.63, 3.8) is 0 Å². The van der Waals surface area contributed by atoms with Gasteiger partial charge in [0.2, 0.25) is 15.9 Å². The molecule has 0 fully saturated rings. The number of rotatable bonds is 10. The molecule has 9 heteroatoms. The monoisotopic (exact) mass is 444 g/mol. The molecule has 0 heterocycles. The average molecular weight is 445 g/mol. The molecule has 0 aliphatic rings. The molecule has 0 saturated carbocycles. The topological polar surface area (TPSA) is 112 Å². The van der Waals surface area contributed by atoms with Crippen molar-refractivity contribution in [2.75, 3.05) is 30.3 Å². The Morgan fingerprint density at radius 2 is 1.77 bits per heavy atom. The van der Waals surface area contributed by atoms with Crippen LogP contribution in [0.15, 0.2) is 47.4 Å². The summed E-state index contributed by atoms with van der Waals surface area (Å²) in [5, 5.41) is 14.8. The van der Waals surface area contributed by atoms with E-state index in [4.69, 9.17) is 10.00 Å². The van der Waals surface area contributed by atoms with Crippen LogP contribution in [0.25, 0.3) is 0 Å². The molecule has 31 heavy (non-hydrogen) atoms. The Hall–Kier alpha value is -3.09. The molecule has 0 aromatic heterocycles. The van der Waals surface area contributed by atoms with Crippen LogP contribution in [0.2, 0.25) is 0 Å². The molecule has 166 valence electrons. The van der Waals surface area contributed by atoms with E-state index in [1.165, 1.54) is 16.4 Å². The highest BCUT2D eigenvalue weighted by Crippen LogP contribution is 2.26. The SMILES string of the molecule is CCN(CC)S(=O)(=O)c1ccc(NC(=O)CNc2cc(C#N)ccc2OC(C)C)cc1. The van der Waals surface area contributed by atoms with Gasteiger partial charge in [-0.3, -0.25) is 4.79 Å². The first-order valence-electron chi connectivity index (χ1n) is 10.1. The predicted octanol–water partition coefficient (Wildman–Crippen LogP) is 3.43. The minimum absolute atomic E-state index is 0.0527. The summed E-state index contributed by atoms with van der Waals surface area (Å²) in [4.78, 5) is 12.5. The second-order valence-electron chi connectivity index (χ2n) is 7.00. The van der Waals surface area contributed by atoms with Gasteiger partial charge in [0, 0.05) is 18.8 Å². The molecule has 0 unspecified atom stereocenters. The summed E-state index contributed by atoms with van der Waals surface area (Å²) in [7, 11) is -3.55. The largest absolute Gasteiger partial charge is 0.489 e. The number of carbonyl (C=O) groups excluding carboxylic acids is 1. The molecule has 0 aliphatic carbocycles. The highest BCUT2D eigenvalue weighted by Gasteiger charge is 2.21. The van der Waals surface area contributed by atoms with Crippen molar-refractivity contribution in [2.45, 2.75) is 38.7 Å². The standard InChI is InChI=1S/C22H28N4O4S/c1-5-26(6-2)31(28,29)19-10-8-18(9-11-19)25-22(27)15-24-20-13-17(14-23)7-12-21(20)30-16(3)4/h7-13,16,24H,5-6,15H2,1-4H3,(H,25,27). The Labute approximate surface area is 183 Å². The molecule has 2 N–H and O–H groups in total. The fourth-order valence-corrected chi connectivity index (χ4v) is 4.36. The second kappa shape index (κ2) is 10.8. The molecule has 0 bridgehead atoms. The van der Waals surface area contributed by atoms with Crippen LogP contribution in [0.4, 0.5) is 11.4 Å². The van der Waals surface area contributed by atoms with E-state index in [-0.39, 0.29) is 23.5 Å². The molecule has 0 atom stereocenters. The first-order valence-corrected chi connectivity index (χ1v) is 11.5. The quantitative estimate of drug-likeness (QED) is 0.581. The summed E-state index contributed by atoms with van der Waals surface area (Å²) in [6.45, 7) is 8.07. The molecule has 0 saturated heterocycles. The molecule has 0 radical (unpaired) electrons. The van der Waals surface area contributed by atoms with E-state index in [9.17, 15) is 13.2 Å². The van der Waals surface area contributed by atoms with Crippen molar-refractivity contribution in [1.29, 1.82) is 5.26 Å². The van der Waals surface area contributed by atoms with Gasteiger partial charge in [0.05, 0.1) is 34.9 Å². The maximum Gasteiger partial charge on any atom is 0.243 e. The van der Waals surface area contributed by atoms with Crippen molar-refractivity contribution in [2.24, 2.45) is 0 Å². The number of hydrogen-bond acceptors (Lipinski definition) is 6. The number of ether oxygens (including phenoxy) is 1. The predicted molar refractivity (Wildman–Crippen MR) is 121 cm³/mol. The molecule has 2 aromatic carbocycles. The lowest BCUT2D eigenvalue weighted by molar-refractivity contribution is -0.114. The van der Waals surface area contributed by atoms with Crippen LogP contribution in [-0.4, -0.2) is 44.4 Å². The minimum Gasteiger partial charge on any atom is -0.489 e. The highest BCUT2D eigenvalue weighted by atomic mass is 32.2. The van der Waals surface area contributed by atoms with Crippen molar-refractivity contribution >= 4 is 27.3 Å². The van der Waals surface area contributed by atoms with Crippen LogP contribution in [0.1, 0.15) is 33.3 Å². The van der Waals surface area contributed by atoms with Crippen molar-refractivity contribution in [1.82, 2.24) is 4.31 Å². The lowest BCUT2D eigenvalue weighted by atomic mass is 10.2. The molecule has 0 spiro atoms. The molecule has 0 aliphatic heterocycles. The lowest BCUT2D eigenvalue weighted by Gasteiger charge is -2.18. The molecular weight excluding hydrogens is 416 g/mol. The number of hydrogen-bond donors (Lipinski definition) is 2. The van der Waals surface area contributed by atoms with Crippen molar-refractivity contribution in [3.8, 4) is 11.8 Å². The van der Waals surface area contributed by atoms with Gasteiger partial charge in [0.15, 0.2) is 0 Å². The zero-order chi connectivity index (χ0) is 23.0.